The third-order valence-corrected chi connectivity index (χ3v) is 15.7. The van der Waals surface area contributed by atoms with Gasteiger partial charge in [-0.25, -0.2) is 0 Å². The molecule has 5 rings (SSSR count). The van der Waals surface area contributed by atoms with Crippen LogP contribution in [0.25, 0.3) is 0 Å². The summed E-state index contributed by atoms with van der Waals surface area (Å²) in [5.41, 5.74) is 0. The van der Waals surface area contributed by atoms with Crippen LogP contribution >= 0.6 is 0 Å². The number of ether oxygens (including phenoxy) is 2. The Balaban J connectivity index is 1.21. The van der Waals surface area contributed by atoms with Crippen LogP contribution in [0.3, 0.4) is 0 Å². The minimum Gasteiger partial charge on any atom is -0.349 e. The fourth-order valence-corrected chi connectivity index (χ4v) is 12.5. The zero-order chi connectivity index (χ0) is 34.5. The van der Waals surface area contributed by atoms with Crippen molar-refractivity contribution in [2.75, 3.05) is 26.1 Å². The van der Waals surface area contributed by atoms with Crippen molar-refractivity contribution in [2.45, 2.75) is 163 Å². The zero-order valence-electron chi connectivity index (χ0n) is 32.3. The van der Waals surface area contributed by atoms with Crippen LogP contribution in [-0.4, -0.2) is 40.3 Å². The summed E-state index contributed by atoms with van der Waals surface area (Å²) >= 11 is 0. The molecule has 1 spiro atoms. The molecule has 0 amide bonds. The van der Waals surface area contributed by atoms with Gasteiger partial charge in [0.2, 0.25) is 0 Å². The van der Waals surface area contributed by atoms with Gasteiger partial charge in [-0.2, -0.15) is 8.42 Å². The molecule has 0 radical (unpaired) electrons. The van der Waals surface area contributed by atoms with Gasteiger partial charge in [-0.15, -0.1) is 0 Å². The van der Waals surface area contributed by atoms with E-state index >= 15 is 0 Å². The molecule has 0 aromatic carbocycles. The van der Waals surface area contributed by atoms with E-state index in [4.69, 9.17) is 13.7 Å². The first-order chi connectivity index (χ1) is 22.8. The van der Waals surface area contributed by atoms with Gasteiger partial charge in [-0.05, 0) is 96.7 Å². The average molecular weight is 693 g/mol. The lowest BCUT2D eigenvalue weighted by molar-refractivity contribution is -0.308. The first kappa shape index (κ1) is 39.0. The summed E-state index contributed by atoms with van der Waals surface area (Å²) in [7, 11) is -3.45. The molecule has 11 atom stereocenters. The van der Waals surface area contributed by atoms with Crippen molar-refractivity contribution in [1.29, 1.82) is 0 Å². The summed E-state index contributed by atoms with van der Waals surface area (Å²) in [6.07, 6.45) is 25.8. The summed E-state index contributed by atoms with van der Waals surface area (Å²) in [5.74, 6) is 9.58. The first-order valence-electron chi connectivity index (χ1n) is 21.0. The Hall–Kier alpha value is -0.170. The molecule has 11 unspecified atom stereocenters. The van der Waals surface area contributed by atoms with Crippen molar-refractivity contribution >= 4 is 10.1 Å². The summed E-state index contributed by atoms with van der Waals surface area (Å²) in [5, 5.41) is 0. The molecule has 5 fully saturated rings. The van der Waals surface area contributed by atoms with Gasteiger partial charge in [0.05, 0.1) is 26.1 Å². The van der Waals surface area contributed by atoms with E-state index in [2.05, 4.69) is 41.5 Å². The van der Waals surface area contributed by atoms with Gasteiger partial charge in [0.1, 0.15) is 0 Å². The van der Waals surface area contributed by atoms with E-state index in [1.165, 1.54) is 103 Å². The summed E-state index contributed by atoms with van der Waals surface area (Å²) in [4.78, 5) is 0. The third kappa shape index (κ3) is 10.5. The number of fused-ring (bicyclic) bond motifs is 3. The lowest BCUT2D eigenvalue weighted by Gasteiger charge is -2.49. The van der Waals surface area contributed by atoms with Crippen LogP contribution in [-0.2, 0) is 23.8 Å². The van der Waals surface area contributed by atoms with E-state index < -0.39 is 15.9 Å². The maximum absolute atomic E-state index is 11.5. The Morgan fingerprint density at radius 2 is 1.10 bits per heavy atom. The smallest absolute Gasteiger partial charge is 0.264 e. The summed E-state index contributed by atoms with van der Waals surface area (Å²) in [6.45, 7) is 16.6. The highest BCUT2D eigenvalue weighted by atomic mass is 32.2. The van der Waals surface area contributed by atoms with E-state index in [-0.39, 0.29) is 12.5 Å². The Morgan fingerprint density at radius 1 is 0.625 bits per heavy atom. The Labute approximate surface area is 297 Å². The largest absolute Gasteiger partial charge is 0.349 e. The van der Waals surface area contributed by atoms with Crippen molar-refractivity contribution in [3.63, 3.8) is 0 Å². The predicted molar refractivity (Wildman–Crippen MR) is 198 cm³/mol. The van der Waals surface area contributed by atoms with Crippen LogP contribution in [0.4, 0.5) is 0 Å². The Morgan fingerprint density at radius 3 is 1.62 bits per heavy atom. The van der Waals surface area contributed by atoms with E-state index in [0.29, 0.717) is 25.0 Å². The molecule has 1 heterocycles. The van der Waals surface area contributed by atoms with Crippen LogP contribution < -0.4 is 0 Å². The first-order valence-corrected chi connectivity index (χ1v) is 22.8. The van der Waals surface area contributed by atoms with E-state index in [9.17, 15) is 8.42 Å². The molecule has 1 saturated heterocycles. The molecular formula is C42H76O5S. The third-order valence-electron chi connectivity index (χ3n) is 15.1. The maximum Gasteiger partial charge on any atom is 0.264 e. The van der Waals surface area contributed by atoms with Gasteiger partial charge < -0.3 is 9.47 Å². The number of hydrogen-bond donors (Lipinski definition) is 0. The van der Waals surface area contributed by atoms with Crippen LogP contribution in [0.15, 0.2) is 0 Å². The number of rotatable bonds is 4. The molecule has 5 aliphatic rings. The number of hydrogen-bond acceptors (Lipinski definition) is 5. The van der Waals surface area contributed by atoms with Gasteiger partial charge >= 0.3 is 0 Å². The highest BCUT2D eigenvalue weighted by molar-refractivity contribution is 7.85. The van der Waals surface area contributed by atoms with Crippen molar-refractivity contribution < 1.29 is 22.1 Å². The van der Waals surface area contributed by atoms with E-state index in [1.54, 1.807) is 0 Å². The molecule has 1 aliphatic heterocycles. The zero-order valence-corrected chi connectivity index (χ0v) is 33.1. The Kier molecular flexibility index (Phi) is 14.3. The lowest BCUT2D eigenvalue weighted by Crippen LogP contribution is -2.51. The predicted octanol–water partition coefficient (Wildman–Crippen LogP) is 10.9. The van der Waals surface area contributed by atoms with Crippen molar-refractivity contribution in [2.24, 2.45) is 76.9 Å². The Bertz CT molecular complexity index is 1070. The van der Waals surface area contributed by atoms with Gasteiger partial charge in [0.25, 0.3) is 10.1 Å². The molecule has 4 aliphatic carbocycles. The van der Waals surface area contributed by atoms with Gasteiger partial charge in [-0.1, -0.05) is 119 Å². The fourth-order valence-electron chi connectivity index (χ4n) is 12.1. The van der Waals surface area contributed by atoms with Crippen LogP contribution in [0.5, 0.6) is 0 Å². The lowest BCUT2D eigenvalue weighted by atomic mass is 9.63. The molecule has 0 aromatic rings. The highest BCUT2D eigenvalue weighted by Gasteiger charge is 2.47. The molecule has 5 nitrogen and oxygen atoms in total. The normalized spacial score (nSPS) is 44.6. The van der Waals surface area contributed by atoms with Crippen molar-refractivity contribution in [3.8, 4) is 0 Å². The standard InChI is InChI=1S/C42H76O5S/c1-29(2)38-20-17-31(4)39-21-18-32(5)40-22-19-33(6)41-25-42(45-26-34(27-46-42)28-47-48(7,43)44)24-23-37(41)16-10-15-36(40)14-9-13-35(39)12-8-11-30(38)3/h29-41H,8-28H2,1-7H3. The monoisotopic (exact) mass is 693 g/mol. The van der Waals surface area contributed by atoms with Crippen LogP contribution in [0.2, 0.25) is 0 Å². The average Bonchev–Trinajstić information content (AvgIpc) is 3.03. The molecule has 0 N–H and O–H groups in total. The van der Waals surface area contributed by atoms with Gasteiger partial charge in [0.15, 0.2) is 5.79 Å². The molecule has 280 valence electrons. The molecule has 6 heteroatoms. The summed E-state index contributed by atoms with van der Waals surface area (Å²) in [6, 6.07) is 0. The van der Waals surface area contributed by atoms with Gasteiger partial charge in [0, 0.05) is 18.8 Å². The molecule has 0 aromatic heterocycles. The molecular weight excluding hydrogens is 617 g/mol. The van der Waals surface area contributed by atoms with Crippen LogP contribution in [0, 0.1) is 76.9 Å². The maximum atomic E-state index is 11.5. The van der Waals surface area contributed by atoms with Gasteiger partial charge in [-0.3, -0.25) is 4.18 Å². The fraction of sp³-hybridized carbons (Fsp3) is 1.00. The SMILES string of the molecule is CC(C)C1CCC(C)C2CCC(C)C3CCC(C)C4CC5(CCC4CCCC3CCCC2CCCC1C)OCC(COS(C)(=O)=O)CO5. The quantitative estimate of drug-likeness (QED) is 0.274. The van der Waals surface area contributed by atoms with Crippen molar-refractivity contribution in [1.82, 2.24) is 0 Å². The summed E-state index contributed by atoms with van der Waals surface area (Å²) < 4.78 is 41.0. The molecule has 0 bridgehead atoms. The van der Waals surface area contributed by atoms with Crippen LogP contribution in [0.1, 0.15) is 157 Å². The minimum atomic E-state index is -3.45. The molecule has 48 heavy (non-hydrogen) atoms. The second-order valence-corrected chi connectivity index (χ2v) is 20.4. The van der Waals surface area contributed by atoms with Crippen molar-refractivity contribution in [3.05, 3.63) is 0 Å². The second kappa shape index (κ2) is 17.6. The second-order valence-electron chi connectivity index (χ2n) is 18.7. The minimum absolute atomic E-state index is 0.0223. The van der Waals surface area contributed by atoms with E-state index in [0.717, 1.165) is 78.3 Å². The highest BCUT2D eigenvalue weighted by Crippen LogP contribution is 2.50. The molecule has 4 saturated carbocycles. The topological polar surface area (TPSA) is 61.8 Å². The van der Waals surface area contributed by atoms with E-state index in [1.807, 2.05) is 0 Å².